The Labute approximate surface area is 252 Å². The molecule has 11 nitrogen and oxygen atoms in total. The molecule has 0 spiro atoms. The number of primary amides is 1. The number of amides is 3. The van der Waals surface area contributed by atoms with Gasteiger partial charge in [0.05, 0.1) is 42.6 Å². The quantitative estimate of drug-likeness (QED) is 0.374. The number of carbonyl (C=O) groups is 3. The van der Waals surface area contributed by atoms with Gasteiger partial charge < -0.3 is 25.6 Å². The number of fused-ring (bicyclic) bond motifs is 2. The Morgan fingerprint density at radius 1 is 1.19 bits per heavy atom. The molecule has 0 saturated heterocycles. The molecule has 3 aromatic carbocycles. The lowest BCUT2D eigenvalue weighted by Crippen LogP contribution is -2.63. The van der Waals surface area contributed by atoms with E-state index in [0.717, 1.165) is 21.5 Å². The number of ether oxygens (including phenoxy) is 1. The van der Waals surface area contributed by atoms with Gasteiger partial charge in [-0.1, -0.05) is 28.1 Å². The molecule has 1 aliphatic heterocycles. The number of methoxy groups -OCH3 is 1. The topological polar surface area (TPSA) is 163 Å². The summed E-state index contributed by atoms with van der Waals surface area (Å²) in [5.41, 5.74) is 5.41. The summed E-state index contributed by atoms with van der Waals surface area (Å²) in [6.45, 7) is 1.05. The summed E-state index contributed by atoms with van der Waals surface area (Å²) in [4.78, 5) is 43.4. The van der Waals surface area contributed by atoms with Crippen LogP contribution < -0.4 is 25.6 Å². The molecule has 0 bridgehead atoms. The molecule has 42 heavy (non-hydrogen) atoms. The van der Waals surface area contributed by atoms with Crippen LogP contribution in [0, 0.1) is 17.2 Å². The van der Waals surface area contributed by atoms with Crippen molar-refractivity contribution in [2.24, 2.45) is 11.7 Å². The lowest BCUT2D eigenvalue weighted by Gasteiger charge is -2.36. The molecule has 0 aliphatic carbocycles. The zero-order valence-corrected chi connectivity index (χ0v) is 25.9. The van der Waals surface area contributed by atoms with Gasteiger partial charge in [-0.3, -0.25) is 14.4 Å². The summed E-state index contributed by atoms with van der Waals surface area (Å²) in [5, 5.41) is 14.2. The first-order chi connectivity index (χ1) is 19.7. The molecule has 1 aliphatic rings. The molecule has 220 valence electrons. The van der Waals surface area contributed by atoms with Gasteiger partial charge in [-0.25, -0.2) is 8.42 Å². The summed E-state index contributed by atoms with van der Waals surface area (Å²) in [5.74, 6) is -3.78. The van der Waals surface area contributed by atoms with E-state index >= 15 is 0 Å². The molecule has 13 heteroatoms. The third-order valence-corrected chi connectivity index (χ3v) is 9.11. The number of hydrogen-bond donors (Lipinski definition) is 2. The molecule has 0 aromatic heterocycles. The molecule has 0 radical (unpaired) electrons. The Kier molecular flexibility index (Phi) is 8.63. The van der Waals surface area contributed by atoms with Crippen molar-refractivity contribution < 1.29 is 27.5 Å². The second-order valence-electron chi connectivity index (χ2n) is 10.3. The summed E-state index contributed by atoms with van der Waals surface area (Å²) in [7, 11) is -0.776. The van der Waals surface area contributed by atoms with Crippen molar-refractivity contribution in [2.45, 2.75) is 19.0 Å². The second-order valence-corrected chi connectivity index (χ2v) is 13.3. The first-order valence-corrected chi connectivity index (χ1v) is 15.7. The molecular formula is C29H30BrN5O6S. The summed E-state index contributed by atoms with van der Waals surface area (Å²) in [6, 6.07) is 15.8. The standard InChI is InChI=1S/C29H30BrN5O6S/c1-29(33-2,28(32)38)21-15-34(26(36)16-42(4,39)40)23-10-8-17(13-31)12-24(23)35(27(21)37)14-20-18-6-5-7-22(30)19(18)9-11-25(20)41-3/h5-12,21,33H,14-16H2,1-4H3,(H2,32,38)/t21-,29?/m1/s1. The summed E-state index contributed by atoms with van der Waals surface area (Å²) < 4.78 is 30.8. The third-order valence-electron chi connectivity index (χ3n) is 7.64. The molecule has 3 N–H and O–H groups in total. The maximum Gasteiger partial charge on any atom is 0.242 e. The first kappa shape index (κ1) is 31.0. The minimum Gasteiger partial charge on any atom is -0.496 e. The number of nitriles is 1. The minimum atomic E-state index is -3.76. The SMILES string of the molecule is CNC(C)(C(N)=O)[C@@H]1CN(C(=O)CS(C)(=O)=O)c2ccc(C#N)cc2N(Cc2c(OC)ccc3c(Br)cccc23)C1=O. The lowest BCUT2D eigenvalue weighted by molar-refractivity contribution is -0.133. The van der Waals surface area contributed by atoms with Gasteiger partial charge in [0, 0.05) is 22.8 Å². The number of nitrogens with zero attached hydrogens (tertiary/aromatic N) is 3. The number of halogens is 1. The van der Waals surface area contributed by atoms with Crippen LogP contribution in [0.25, 0.3) is 10.8 Å². The number of sulfone groups is 1. The van der Waals surface area contributed by atoms with Crippen molar-refractivity contribution in [2.75, 3.05) is 42.5 Å². The van der Waals surface area contributed by atoms with Gasteiger partial charge in [0.15, 0.2) is 9.84 Å². The molecule has 3 aromatic rings. The van der Waals surface area contributed by atoms with Crippen LogP contribution in [0.1, 0.15) is 18.1 Å². The van der Waals surface area contributed by atoms with E-state index in [1.165, 1.54) is 49.1 Å². The van der Waals surface area contributed by atoms with Crippen LogP contribution in [-0.4, -0.2) is 64.4 Å². The molecule has 2 atom stereocenters. The van der Waals surface area contributed by atoms with Crippen molar-refractivity contribution in [3.8, 4) is 11.8 Å². The lowest BCUT2D eigenvalue weighted by atomic mass is 9.83. The number of rotatable bonds is 8. The average Bonchev–Trinajstić information content (AvgIpc) is 3.06. The molecular weight excluding hydrogens is 626 g/mol. The molecule has 0 saturated carbocycles. The van der Waals surface area contributed by atoms with E-state index in [0.29, 0.717) is 11.3 Å². The Morgan fingerprint density at radius 3 is 2.50 bits per heavy atom. The van der Waals surface area contributed by atoms with Crippen molar-refractivity contribution in [1.82, 2.24) is 5.32 Å². The predicted octanol–water partition coefficient (Wildman–Crippen LogP) is 2.49. The fraction of sp³-hybridized carbons (Fsp3) is 0.310. The molecule has 3 amide bonds. The molecule has 4 rings (SSSR count). The van der Waals surface area contributed by atoms with Gasteiger partial charge in [-0.05, 0) is 61.1 Å². The highest BCUT2D eigenvalue weighted by Gasteiger charge is 2.49. The Balaban J connectivity index is 2.03. The summed E-state index contributed by atoms with van der Waals surface area (Å²) in [6.07, 6.45) is 0.934. The minimum absolute atomic E-state index is 0.0686. The fourth-order valence-corrected chi connectivity index (χ4v) is 6.28. The third kappa shape index (κ3) is 5.70. The van der Waals surface area contributed by atoms with Crippen LogP contribution >= 0.6 is 15.9 Å². The van der Waals surface area contributed by atoms with E-state index < -0.39 is 44.8 Å². The first-order valence-electron chi connectivity index (χ1n) is 12.8. The van der Waals surface area contributed by atoms with Crippen molar-refractivity contribution in [3.05, 3.63) is 64.1 Å². The van der Waals surface area contributed by atoms with Crippen LogP contribution in [0.5, 0.6) is 5.75 Å². The number of benzene rings is 3. The average molecular weight is 657 g/mol. The van der Waals surface area contributed by atoms with Crippen molar-refractivity contribution >= 4 is 65.6 Å². The molecule has 1 unspecified atom stereocenters. The van der Waals surface area contributed by atoms with Gasteiger partial charge in [-0.2, -0.15) is 5.26 Å². The Morgan fingerprint density at radius 2 is 1.90 bits per heavy atom. The molecule has 1 heterocycles. The van der Waals surface area contributed by atoms with E-state index in [2.05, 4.69) is 27.3 Å². The summed E-state index contributed by atoms with van der Waals surface area (Å²) >= 11 is 3.57. The zero-order valence-electron chi connectivity index (χ0n) is 23.5. The van der Waals surface area contributed by atoms with Crippen LogP contribution in [-0.2, 0) is 30.8 Å². The van der Waals surface area contributed by atoms with Crippen LogP contribution in [0.4, 0.5) is 11.4 Å². The van der Waals surface area contributed by atoms with Crippen molar-refractivity contribution in [3.63, 3.8) is 0 Å². The highest BCUT2D eigenvalue weighted by molar-refractivity contribution is 9.10. The van der Waals surface area contributed by atoms with E-state index in [1.54, 1.807) is 6.07 Å². The number of hydrogen-bond acceptors (Lipinski definition) is 8. The van der Waals surface area contributed by atoms with Gasteiger partial charge in [0.25, 0.3) is 0 Å². The highest BCUT2D eigenvalue weighted by Crippen LogP contribution is 2.41. The van der Waals surface area contributed by atoms with E-state index in [1.807, 2.05) is 24.3 Å². The monoisotopic (exact) mass is 655 g/mol. The molecule has 0 fully saturated rings. The number of nitrogens with two attached hydrogens (primary N) is 1. The maximum atomic E-state index is 14.6. The van der Waals surface area contributed by atoms with Gasteiger partial charge in [0.1, 0.15) is 17.0 Å². The Bertz CT molecular complexity index is 1760. The van der Waals surface area contributed by atoms with Gasteiger partial charge in [-0.15, -0.1) is 0 Å². The predicted molar refractivity (Wildman–Crippen MR) is 163 cm³/mol. The second kappa shape index (κ2) is 11.7. The Hall–Kier alpha value is -3.99. The number of likely N-dealkylation sites (N-methyl/N-ethyl adjacent to an activating group) is 1. The van der Waals surface area contributed by atoms with Gasteiger partial charge >= 0.3 is 0 Å². The normalized spacial score (nSPS) is 16.8. The van der Waals surface area contributed by atoms with E-state index in [4.69, 9.17) is 10.5 Å². The zero-order chi connectivity index (χ0) is 31.0. The van der Waals surface area contributed by atoms with E-state index in [9.17, 15) is 28.1 Å². The largest absolute Gasteiger partial charge is 0.496 e. The number of nitrogens with one attached hydrogen (secondary N) is 1. The highest BCUT2D eigenvalue weighted by atomic mass is 79.9. The number of carbonyl (C=O) groups excluding carboxylic acids is 3. The van der Waals surface area contributed by atoms with Crippen molar-refractivity contribution in [1.29, 1.82) is 5.26 Å². The van der Waals surface area contributed by atoms with Crippen LogP contribution in [0.2, 0.25) is 0 Å². The van der Waals surface area contributed by atoms with Gasteiger partial charge in [0.2, 0.25) is 17.7 Å². The number of anilines is 2. The maximum absolute atomic E-state index is 14.6. The van der Waals surface area contributed by atoms with E-state index in [-0.39, 0.29) is 30.0 Å². The fourth-order valence-electron chi connectivity index (χ4n) is 5.18. The smallest absolute Gasteiger partial charge is 0.242 e. The van der Waals surface area contributed by atoms with Crippen LogP contribution in [0.15, 0.2) is 53.0 Å². The van der Waals surface area contributed by atoms with Crippen LogP contribution in [0.3, 0.4) is 0 Å².